The summed E-state index contributed by atoms with van der Waals surface area (Å²) in [5.74, 6) is -2.26. The van der Waals surface area contributed by atoms with E-state index in [4.69, 9.17) is 0 Å². The highest BCUT2D eigenvalue weighted by Crippen LogP contribution is 2.33. The fourth-order valence-corrected chi connectivity index (χ4v) is 4.69. The molecule has 0 N–H and O–H groups in total. The van der Waals surface area contributed by atoms with Crippen molar-refractivity contribution in [2.45, 2.75) is 17.7 Å². The average Bonchev–Trinajstić information content (AvgIpc) is 3.17. The van der Waals surface area contributed by atoms with Crippen molar-refractivity contribution >= 4 is 15.7 Å². The Morgan fingerprint density at radius 2 is 1.88 bits per heavy atom. The molecule has 1 aliphatic rings. The quantitative estimate of drug-likeness (QED) is 0.706. The van der Waals surface area contributed by atoms with Gasteiger partial charge in [0.05, 0.1) is 16.9 Å². The second-order valence-electron chi connectivity index (χ2n) is 6.04. The van der Waals surface area contributed by atoms with Gasteiger partial charge in [-0.05, 0) is 54.8 Å². The van der Waals surface area contributed by atoms with E-state index in [1.54, 1.807) is 30.9 Å². The topological polar surface area (TPSA) is 55.2 Å². The molecule has 4 rings (SSSR count). The molecule has 0 bridgehead atoms. The number of aromatic nitrogens is 2. The molecule has 2 aromatic carbocycles. The van der Waals surface area contributed by atoms with E-state index >= 15 is 0 Å². The normalized spacial score (nSPS) is 14.3. The summed E-state index contributed by atoms with van der Waals surface area (Å²) in [6, 6.07) is 8.10. The van der Waals surface area contributed by atoms with Crippen LogP contribution in [0.3, 0.4) is 0 Å². The predicted octanol–water partition coefficient (Wildman–Crippen LogP) is 3.29. The van der Waals surface area contributed by atoms with Crippen molar-refractivity contribution in [3.05, 3.63) is 72.3 Å². The summed E-state index contributed by atoms with van der Waals surface area (Å²) in [7, 11) is -3.97. The molecule has 0 saturated heterocycles. The molecule has 26 heavy (non-hydrogen) atoms. The predicted molar refractivity (Wildman–Crippen MR) is 92.8 cm³/mol. The summed E-state index contributed by atoms with van der Waals surface area (Å²) in [5.41, 5.74) is 2.33. The van der Waals surface area contributed by atoms with Gasteiger partial charge in [-0.3, -0.25) is 4.31 Å². The summed E-state index contributed by atoms with van der Waals surface area (Å²) in [6.07, 6.45) is 6.52. The molecular formula is C18H15F2N3O2S. The summed E-state index contributed by atoms with van der Waals surface area (Å²) in [5, 5.41) is 0. The molecule has 0 unspecified atom stereocenters. The molecule has 8 heteroatoms. The molecule has 5 nitrogen and oxygen atoms in total. The van der Waals surface area contributed by atoms with Crippen LogP contribution in [0.25, 0.3) is 5.69 Å². The second kappa shape index (κ2) is 6.21. The third-order valence-corrected chi connectivity index (χ3v) is 6.23. The van der Waals surface area contributed by atoms with Gasteiger partial charge in [0, 0.05) is 24.6 Å². The minimum atomic E-state index is -3.97. The van der Waals surface area contributed by atoms with E-state index in [1.165, 1.54) is 4.31 Å². The molecule has 0 atom stereocenters. The van der Waals surface area contributed by atoms with Crippen molar-refractivity contribution in [3.8, 4) is 5.69 Å². The van der Waals surface area contributed by atoms with Crippen LogP contribution < -0.4 is 4.31 Å². The van der Waals surface area contributed by atoms with E-state index < -0.39 is 21.7 Å². The second-order valence-corrected chi connectivity index (χ2v) is 7.90. The van der Waals surface area contributed by atoms with Crippen molar-refractivity contribution in [2.24, 2.45) is 0 Å². The number of fused-ring (bicyclic) bond motifs is 1. The van der Waals surface area contributed by atoms with Gasteiger partial charge in [0.25, 0.3) is 10.0 Å². The van der Waals surface area contributed by atoms with Gasteiger partial charge >= 0.3 is 0 Å². The van der Waals surface area contributed by atoms with Gasteiger partial charge in [-0.1, -0.05) is 0 Å². The SMILES string of the molecule is O=S(=O)(c1ccc(F)c(F)c1)N1CCCc2cc(-n3ccnc3)ccc21. The summed E-state index contributed by atoms with van der Waals surface area (Å²) < 4.78 is 55.7. The van der Waals surface area contributed by atoms with Crippen LogP contribution in [0.1, 0.15) is 12.0 Å². The number of benzene rings is 2. The van der Waals surface area contributed by atoms with Crippen LogP contribution in [-0.2, 0) is 16.4 Å². The number of halogens is 2. The van der Waals surface area contributed by atoms with Crippen molar-refractivity contribution in [1.82, 2.24) is 9.55 Å². The minimum Gasteiger partial charge on any atom is -0.306 e. The Morgan fingerprint density at radius 3 is 2.62 bits per heavy atom. The summed E-state index contributed by atoms with van der Waals surface area (Å²) in [6.45, 7) is 0.290. The van der Waals surface area contributed by atoms with Crippen molar-refractivity contribution in [3.63, 3.8) is 0 Å². The van der Waals surface area contributed by atoms with Gasteiger partial charge in [-0.2, -0.15) is 0 Å². The van der Waals surface area contributed by atoms with E-state index in [9.17, 15) is 17.2 Å². The van der Waals surface area contributed by atoms with Crippen LogP contribution in [0.5, 0.6) is 0 Å². The van der Waals surface area contributed by atoms with E-state index in [-0.39, 0.29) is 4.90 Å². The number of hydrogen-bond donors (Lipinski definition) is 0. The summed E-state index contributed by atoms with van der Waals surface area (Å²) >= 11 is 0. The Balaban J connectivity index is 1.76. The van der Waals surface area contributed by atoms with Crippen LogP contribution in [0.15, 0.2) is 60.0 Å². The smallest absolute Gasteiger partial charge is 0.264 e. The Morgan fingerprint density at radius 1 is 1.04 bits per heavy atom. The van der Waals surface area contributed by atoms with Crippen LogP contribution in [-0.4, -0.2) is 24.5 Å². The summed E-state index contributed by atoms with van der Waals surface area (Å²) in [4.78, 5) is 3.75. The molecule has 2 heterocycles. The number of sulfonamides is 1. The van der Waals surface area contributed by atoms with Gasteiger partial charge in [0.2, 0.25) is 0 Å². The molecule has 0 radical (unpaired) electrons. The maximum Gasteiger partial charge on any atom is 0.264 e. The maximum atomic E-state index is 13.5. The Bertz CT molecular complexity index is 1070. The fraction of sp³-hybridized carbons (Fsp3) is 0.167. The number of rotatable bonds is 3. The lowest BCUT2D eigenvalue weighted by Gasteiger charge is -2.31. The third kappa shape index (κ3) is 2.76. The van der Waals surface area contributed by atoms with Crippen molar-refractivity contribution < 1.29 is 17.2 Å². The van der Waals surface area contributed by atoms with Crippen LogP contribution >= 0.6 is 0 Å². The molecule has 3 aromatic rings. The fourth-order valence-electron chi connectivity index (χ4n) is 3.14. The number of nitrogens with zero attached hydrogens (tertiary/aromatic N) is 3. The number of anilines is 1. The van der Waals surface area contributed by atoms with Crippen LogP contribution in [0.2, 0.25) is 0 Å². The first kappa shape index (κ1) is 16.7. The van der Waals surface area contributed by atoms with Gasteiger partial charge < -0.3 is 4.57 Å². The highest BCUT2D eigenvalue weighted by atomic mass is 32.2. The molecule has 0 saturated carbocycles. The number of imidazole rings is 1. The molecule has 0 fully saturated rings. The zero-order chi connectivity index (χ0) is 18.3. The molecule has 0 amide bonds. The van der Waals surface area contributed by atoms with E-state index in [1.807, 2.05) is 10.6 Å². The largest absolute Gasteiger partial charge is 0.306 e. The molecular weight excluding hydrogens is 360 g/mol. The molecule has 1 aromatic heterocycles. The monoisotopic (exact) mass is 375 g/mol. The zero-order valence-electron chi connectivity index (χ0n) is 13.6. The van der Waals surface area contributed by atoms with E-state index in [0.717, 1.165) is 35.9 Å². The van der Waals surface area contributed by atoms with Crippen molar-refractivity contribution in [2.75, 3.05) is 10.8 Å². The van der Waals surface area contributed by atoms with E-state index in [2.05, 4.69) is 4.98 Å². The lowest BCUT2D eigenvalue weighted by molar-refractivity contribution is 0.504. The molecule has 0 spiro atoms. The first-order valence-electron chi connectivity index (χ1n) is 8.06. The maximum absolute atomic E-state index is 13.5. The Hall–Kier alpha value is -2.74. The van der Waals surface area contributed by atoms with Gasteiger partial charge in [0.1, 0.15) is 0 Å². The zero-order valence-corrected chi connectivity index (χ0v) is 14.5. The molecule has 0 aliphatic carbocycles. The van der Waals surface area contributed by atoms with Gasteiger partial charge in [-0.15, -0.1) is 0 Å². The molecule has 1 aliphatic heterocycles. The first-order valence-corrected chi connectivity index (χ1v) is 9.50. The first-order chi connectivity index (χ1) is 12.5. The van der Waals surface area contributed by atoms with E-state index in [0.29, 0.717) is 18.7 Å². The molecule has 134 valence electrons. The average molecular weight is 375 g/mol. The van der Waals surface area contributed by atoms with Gasteiger partial charge in [0.15, 0.2) is 11.6 Å². The Kier molecular flexibility index (Phi) is 3.99. The van der Waals surface area contributed by atoms with Gasteiger partial charge in [-0.25, -0.2) is 22.2 Å². The highest BCUT2D eigenvalue weighted by molar-refractivity contribution is 7.92. The van der Waals surface area contributed by atoms with Crippen LogP contribution in [0.4, 0.5) is 14.5 Å². The number of hydrogen-bond acceptors (Lipinski definition) is 3. The Labute approximate surface area is 149 Å². The van der Waals surface area contributed by atoms with Crippen molar-refractivity contribution in [1.29, 1.82) is 0 Å². The lowest BCUT2D eigenvalue weighted by atomic mass is 10.0. The standard InChI is InChI=1S/C18H15F2N3O2S/c19-16-5-4-15(11-17(16)20)26(24,25)23-8-1-2-13-10-14(3-6-18(13)23)22-9-7-21-12-22/h3-7,9-12H,1-2,8H2. The third-order valence-electron chi connectivity index (χ3n) is 4.42. The highest BCUT2D eigenvalue weighted by Gasteiger charge is 2.30. The number of aryl methyl sites for hydroxylation is 1. The lowest BCUT2D eigenvalue weighted by Crippen LogP contribution is -2.35. The minimum absolute atomic E-state index is 0.261. The van der Waals surface area contributed by atoms with Crippen LogP contribution in [0, 0.1) is 11.6 Å².